The molecule has 0 aliphatic heterocycles. The molecule has 0 aliphatic rings. The molecule has 140 valence electrons. The molecule has 0 atom stereocenters. The highest BCUT2D eigenvalue weighted by molar-refractivity contribution is 8.00. The van der Waals surface area contributed by atoms with Crippen molar-refractivity contribution in [1.29, 1.82) is 5.41 Å². The van der Waals surface area contributed by atoms with E-state index in [1.165, 1.54) is 4.90 Å². The van der Waals surface area contributed by atoms with Gasteiger partial charge in [0, 0.05) is 18.5 Å². The molecule has 0 radical (unpaired) electrons. The lowest BCUT2D eigenvalue weighted by Crippen LogP contribution is -2.37. The maximum Gasteiger partial charge on any atom is 0.397 e. The van der Waals surface area contributed by atoms with E-state index in [9.17, 15) is 18.0 Å². The van der Waals surface area contributed by atoms with E-state index in [-0.39, 0.29) is 18.0 Å². The third-order valence-electron chi connectivity index (χ3n) is 3.41. The molecule has 1 N–H and O–H groups in total. The van der Waals surface area contributed by atoms with Crippen LogP contribution in [0.15, 0.2) is 30.7 Å². The Morgan fingerprint density at radius 2 is 2.15 bits per heavy atom. The van der Waals surface area contributed by atoms with Crippen LogP contribution < -0.4 is 4.90 Å². The molecular formula is C16H18F3N5OS. The van der Waals surface area contributed by atoms with Crippen molar-refractivity contribution in [3.8, 4) is 5.69 Å². The summed E-state index contributed by atoms with van der Waals surface area (Å²) < 4.78 is 38.2. The van der Waals surface area contributed by atoms with Crippen molar-refractivity contribution in [2.24, 2.45) is 0 Å². The molecule has 10 heteroatoms. The van der Waals surface area contributed by atoms with Crippen LogP contribution in [0.2, 0.25) is 0 Å². The lowest BCUT2D eigenvalue weighted by atomic mass is 10.3. The van der Waals surface area contributed by atoms with Gasteiger partial charge in [0.05, 0.1) is 35.2 Å². The molecule has 0 saturated heterocycles. The second-order valence-corrected chi connectivity index (χ2v) is 6.38. The zero-order valence-corrected chi connectivity index (χ0v) is 15.1. The number of aromatic nitrogens is 3. The van der Waals surface area contributed by atoms with Crippen LogP contribution in [0.3, 0.4) is 0 Å². The van der Waals surface area contributed by atoms with Crippen molar-refractivity contribution >= 4 is 29.1 Å². The molecule has 26 heavy (non-hydrogen) atoms. The van der Waals surface area contributed by atoms with Crippen molar-refractivity contribution in [3.05, 3.63) is 36.4 Å². The number of nitrogens with zero attached hydrogens (tertiary/aromatic N) is 4. The molecule has 2 rings (SSSR count). The summed E-state index contributed by atoms with van der Waals surface area (Å²) in [6, 6.07) is 3.56. The molecule has 2 aromatic rings. The fraction of sp³-hybridized carbons (Fsp3) is 0.375. The summed E-state index contributed by atoms with van der Waals surface area (Å²) in [7, 11) is 0. The Morgan fingerprint density at radius 3 is 2.73 bits per heavy atom. The van der Waals surface area contributed by atoms with Gasteiger partial charge >= 0.3 is 6.18 Å². The maximum atomic E-state index is 12.5. The van der Waals surface area contributed by atoms with Crippen LogP contribution in [-0.2, 0) is 4.79 Å². The fourth-order valence-corrected chi connectivity index (χ4v) is 2.92. The van der Waals surface area contributed by atoms with Gasteiger partial charge in [0.2, 0.25) is 0 Å². The van der Waals surface area contributed by atoms with Crippen LogP contribution >= 0.6 is 11.8 Å². The molecule has 0 unspecified atom stereocenters. The molecule has 1 amide bonds. The third-order valence-corrected chi connectivity index (χ3v) is 4.43. The Kier molecular flexibility index (Phi) is 6.41. The van der Waals surface area contributed by atoms with Gasteiger partial charge in [0.15, 0.2) is 0 Å². The molecule has 0 spiro atoms. The predicted molar refractivity (Wildman–Crippen MR) is 95.2 cm³/mol. The van der Waals surface area contributed by atoms with Crippen LogP contribution in [-0.4, -0.2) is 50.6 Å². The standard InChI is InChI=1S/C16H18F3N5OS/c1-3-23(15(25)13(20)9-26-10-16(17,18)19)14-8-24(22-11(14)2)12-5-4-6-21-7-12/h4-8,20H,3,9-10H2,1-2H3. The summed E-state index contributed by atoms with van der Waals surface area (Å²) in [4.78, 5) is 17.8. The molecule has 0 bridgehead atoms. The first-order chi connectivity index (χ1) is 12.2. The number of anilines is 1. The molecule has 0 aromatic carbocycles. The van der Waals surface area contributed by atoms with Crippen molar-refractivity contribution in [1.82, 2.24) is 14.8 Å². The number of carbonyl (C=O) groups is 1. The monoisotopic (exact) mass is 385 g/mol. The van der Waals surface area contributed by atoms with Gasteiger partial charge in [-0.2, -0.15) is 18.3 Å². The number of amides is 1. The molecule has 2 heterocycles. The highest BCUT2D eigenvalue weighted by Crippen LogP contribution is 2.23. The van der Waals surface area contributed by atoms with Crippen LogP contribution in [0.4, 0.5) is 18.9 Å². The van der Waals surface area contributed by atoms with Gasteiger partial charge in [0.25, 0.3) is 5.91 Å². The smallest absolute Gasteiger partial charge is 0.304 e. The maximum absolute atomic E-state index is 12.5. The van der Waals surface area contributed by atoms with Crippen LogP contribution in [0, 0.1) is 12.3 Å². The Hall–Kier alpha value is -2.36. The first-order valence-electron chi connectivity index (χ1n) is 7.73. The van der Waals surface area contributed by atoms with Crippen molar-refractivity contribution in [2.45, 2.75) is 20.0 Å². The molecule has 2 aromatic heterocycles. The lowest BCUT2D eigenvalue weighted by Gasteiger charge is -2.20. The van der Waals surface area contributed by atoms with E-state index < -0.39 is 17.8 Å². The highest BCUT2D eigenvalue weighted by Gasteiger charge is 2.28. The molecule has 0 saturated carbocycles. The first-order valence-corrected chi connectivity index (χ1v) is 8.89. The second-order valence-electron chi connectivity index (χ2n) is 5.39. The predicted octanol–water partition coefficient (Wildman–Crippen LogP) is 3.24. The highest BCUT2D eigenvalue weighted by atomic mass is 32.2. The Balaban J connectivity index is 2.14. The van der Waals surface area contributed by atoms with Gasteiger partial charge < -0.3 is 4.90 Å². The average molecular weight is 385 g/mol. The largest absolute Gasteiger partial charge is 0.397 e. The van der Waals surface area contributed by atoms with E-state index in [4.69, 9.17) is 5.41 Å². The number of hydrogen-bond donors (Lipinski definition) is 1. The Morgan fingerprint density at radius 1 is 1.42 bits per heavy atom. The Labute approximate surface area is 152 Å². The van der Waals surface area contributed by atoms with E-state index in [0.29, 0.717) is 28.8 Å². The molecule has 0 fully saturated rings. The first kappa shape index (κ1) is 20.0. The minimum atomic E-state index is -4.32. The lowest BCUT2D eigenvalue weighted by molar-refractivity contribution is -0.112. The number of nitrogens with one attached hydrogen (secondary N) is 1. The van der Waals surface area contributed by atoms with E-state index >= 15 is 0 Å². The molecule has 0 aliphatic carbocycles. The zero-order chi connectivity index (χ0) is 19.3. The van der Waals surface area contributed by atoms with Gasteiger partial charge in [-0.25, -0.2) is 4.68 Å². The summed E-state index contributed by atoms with van der Waals surface area (Å²) in [5, 5.41) is 12.2. The molecular weight excluding hydrogens is 367 g/mol. The Bertz CT molecular complexity index is 776. The van der Waals surface area contributed by atoms with Crippen molar-refractivity contribution in [3.63, 3.8) is 0 Å². The van der Waals surface area contributed by atoms with Gasteiger partial charge in [0.1, 0.15) is 5.71 Å². The van der Waals surface area contributed by atoms with Gasteiger partial charge in [-0.05, 0) is 26.0 Å². The topological polar surface area (TPSA) is 74.9 Å². The van der Waals surface area contributed by atoms with Crippen LogP contribution in [0.5, 0.6) is 0 Å². The van der Waals surface area contributed by atoms with E-state index in [0.717, 1.165) is 0 Å². The van der Waals surface area contributed by atoms with E-state index in [1.807, 2.05) is 0 Å². The average Bonchev–Trinajstić information content (AvgIpc) is 2.97. The second kappa shape index (κ2) is 8.35. The number of alkyl halides is 3. The number of rotatable bonds is 7. The fourth-order valence-electron chi connectivity index (χ4n) is 2.25. The summed E-state index contributed by atoms with van der Waals surface area (Å²) in [6.07, 6.45) is 0.566. The third kappa shape index (κ3) is 5.07. The van der Waals surface area contributed by atoms with E-state index in [1.54, 1.807) is 49.3 Å². The summed E-state index contributed by atoms with van der Waals surface area (Å²) >= 11 is 0.500. The SMILES string of the molecule is CCN(C(=O)C(=N)CSCC(F)(F)F)c1cn(-c2cccnc2)nc1C. The van der Waals surface area contributed by atoms with Crippen molar-refractivity contribution < 1.29 is 18.0 Å². The van der Waals surface area contributed by atoms with Crippen LogP contribution in [0.25, 0.3) is 5.69 Å². The number of hydrogen-bond acceptors (Lipinski definition) is 5. The number of carbonyl (C=O) groups excluding carboxylic acids is 1. The minimum absolute atomic E-state index is 0.269. The number of halogens is 3. The van der Waals surface area contributed by atoms with Crippen molar-refractivity contribution in [2.75, 3.05) is 23.0 Å². The summed E-state index contributed by atoms with van der Waals surface area (Å²) in [5.41, 5.74) is 1.41. The number of aryl methyl sites for hydroxylation is 1. The normalized spacial score (nSPS) is 11.4. The summed E-state index contributed by atoms with van der Waals surface area (Å²) in [5.74, 6) is -2.02. The minimum Gasteiger partial charge on any atom is -0.304 e. The van der Waals surface area contributed by atoms with Crippen LogP contribution in [0.1, 0.15) is 12.6 Å². The van der Waals surface area contributed by atoms with Gasteiger partial charge in [-0.3, -0.25) is 15.2 Å². The van der Waals surface area contributed by atoms with Gasteiger partial charge in [-0.15, -0.1) is 11.8 Å². The van der Waals surface area contributed by atoms with E-state index in [2.05, 4.69) is 10.1 Å². The molecule has 6 nitrogen and oxygen atoms in total. The zero-order valence-electron chi connectivity index (χ0n) is 14.2. The number of pyridine rings is 1. The van der Waals surface area contributed by atoms with Gasteiger partial charge in [-0.1, -0.05) is 0 Å². The number of thioether (sulfide) groups is 1. The summed E-state index contributed by atoms with van der Waals surface area (Å²) in [6.45, 7) is 3.72. The quantitative estimate of drug-likeness (QED) is 0.743.